The molecule has 3 rings (SSSR count). The Morgan fingerprint density at radius 3 is 2.00 bits per heavy atom. The number of benzene rings is 1. The van der Waals surface area contributed by atoms with Gasteiger partial charge in [-0.3, -0.25) is 19.2 Å². The van der Waals surface area contributed by atoms with Crippen LogP contribution < -0.4 is 0 Å². The maximum atomic E-state index is 12.1. The van der Waals surface area contributed by atoms with Gasteiger partial charge in [0.2, 0.25) is 0 Å². The molecule has 0 saturated carbocycles. The molecule has 1 fully saturated rings. The number of imide groups is 1. The average molecular weight is 345 g/mol. The number of hydrogen-bond donors (Lipinski definition) is 0. The van der Waals surface area contributed by atoms with E-state index in [9.17, 15) is 24.0 Å². The highest BCUT2D eigenvalue weighted by Gasteiger charge is 2.39. The predicted molar refractivity (Wildman–Crippen MR) is 81.9 cm³/mol. The number of amides is 4. The minimum absolute atomic E-state index is 0.142. The molecule has 9 heteroatoms. The number of carbonyl (C=O) groups is 5. The van der Waals surface area contributed by atoms with Gasteiger partial charge in [0.25, 0.3) is 11.8 Å². The van der Waals surface area contributed by atoms with Gasteiger partial charge in [0.1, 0.15) is 6.54 Å². The maximum absolute atomic E-state index is 12.1. The average Bonchev–Trinajstić information content (AvgIpc) is 2.85. The van der Waals surface area contributed by atoms with E-state index in [4.69, 9.17) is 4.84 Å². The third-order valence-corrected chi connectivity index (χ3v) is 4.05. The highest BCUT2D eigenvalue weighted by Crippen LogP contribution is 2.22. The Morgan fingerprint density at radius 1 is 0.920 bits per heavy atom. The number of carbonyl (C=O) groups excluding carboxylic acids is 5. The lowest BCUT2D eigenvalue weighted by Gasteiger charge is -2.32. The fourth-order valence-corrected chi connectivity index (χ4v) is 2.70. The molecule has 130 valence electrons. The highest BCUT2D eigenvalue weighted by molar-refractivity contribution is 6.35. The molecule has 0 spiro atoms. The molecule has 25 heavy (non-hydrogen) atoms. The quantitative estimate of drug-likeness (QED) is 0.535. The molecular weight excluding hydrogens is 330 g/mol. The van der Waals surface area contributed by atoms with Crippen LogP contribution in [-0.4, -0.2) is 70.6 Å². The summed E-state index contributed by atoms with van der Waals surface area (Å²) in [6.45, 7) is 2.11. The van der Waals surface area contributed by atoms with Crippen LogP contribution in [0.2, 0.25) is 0 Å². The molecule has 2 aliphatic rings. The number of rotatable bonds is 4. The van der Waals surface area contributed by atoms with Crippen LogP contribution in [-0.2, 0) is 19.2 Å². The number of hydroxylamine groups is 2. The first-order valence-electron chi connectivity index (χ1n) is 7.70. The molecule has 0 N–H and O–H groups in total. The number of fused-ring (bicyclic) bond motifs is 1. The molecule has 0 aromatic heterocycles. The van der Waals surface area contributed by atoms with E-state index in [-0.39, 0.29) is 17.7 Å². The first-order valence-corrected chi connectivity index (χ1v) is 7.70. The minimum atomic E-state index is -0.972. The number of likely N-dealkylation sites (N-methyl/N-ethyl adjacent to an activating group) is 1. The fraction of sp³-hybridized carbons (Fsp3) is 0.312. The van der Waals surface area contributed by atoms with Crippen LogP contribution in [0.3, 0.4) is 0 Å². The number of piperazine rings is 1. The molecule has 9 nitrogen and oxygen atoms in total. The fourth-order valence-electron chi connectivity index (χ4n) is 2.70. The molecular formula is C16H15N3O6. The van der Waals surface area contributed by atoms with Crippen molar-refractivity contribution in [3.05, 3.63) is 35.4 Å². The van der Waals surface area contributed by atoms with Crippen LogP contribution in [0.1, 0.15) is 27.6 Å². The van der Waals surface area contributed by atoms with Gasteiger partial charge in [0.15, 0.2) is 0 Å². The van der Waals surface area contributed by atoms with E-state index in [1.54, 1.807) is 19.1 Å². The van der Waals surface area contributed by atoms with Crippen LogP contribution in [0.15, 0.2) is 24.3 Å². The molecule has 0 bridgehead atoms. The van der Waals surface area contributed by atoms with Gasteiger partial charge in [-0.2, -0.15) is 0 Å². The van der Waals surface area contributed by atoms with Crippen molar-refractivity contribution >= 4 is 29.6 Å². The first-order chi connectivity index (χ1) is 11.9. The van der Waals surface area contributed by atoms with Gasteiger partial charge in [-0.15, -0.1) is 0 Å². The highest BCUT2D eigenvalue weighted by atomic mass is 16.7. The third-order valence-electron chi connectivity index (χ3n) is 4.05. The van der Waals surface area contributed by atoms with Gasteiger partial charge in [-0.25, -0.2) is 4.79 Å². The lowest BCUT2D eigenvalue weighted by Crippen LogP contribution is -2.55. The van der Waals surface area contributed by atoms with E-state index in [0.29, 0.717) is 18.2 Å². The van der Waals surface area contributed by atoms with Crippen LogP contribution in [0.25, 0.3) is 0 Å². The topological polar surface area (TPSA) is 104 Å². The molecule has 1 aromatic carbocycles. The molecule has 1 saturated heterocycles. The van der Waals surface area contributed by atoms with Crippen molar-refractivity contribution in [2.45, 2.75) is 6.92 Å². The Labute approximate surface area is 142 Å². The summed E-state index contributed by atoms with van der Waals surface area (Å²) in [5.74, 6) is -3.96. The summed E-state index contributed by atoms with van der Waals surface area (Å²) in [5.41, 5.74) is 0.284. The summed E-state index contributed by atoms with van der Waals surface area (Å²) >= 11 is 0. The second-order valence-electron chi connectivity index (χ2n) is 5.53. The number of nitrogens with zero attached hydrogens (tertiary/aromatic N) is 3. The Morgan fingerprint density at radius 2 is 1.44 bits per heavy atom. The van der Waals surface area contributed by atoms with Crippen LogP contribution >= 0.6 is 0 Å². The summed E-state index contributed by atoms with van der Waals surface area (Å²) in [6, 6.07) is 6.09. The monoisotopic (exact) mass is 345 g/mol. The normalized spacial score (nSPS) is 17.2. The van der Waals surface area contributed by atoms with Crippen LogP contribution in [0, 0.1) is 0 Å². The molecule has 2 aliphatic heterocycles. The summed E-state index contributed by atoms with van der Waals surface area (Å²) in [7, 11) is 0. The van der Waals surface area contributed by atoms with Crippen molar-refractivity contribution in [2.24, 2.45) is 0 Å². The summed E-state index contributed by atoms with van der Waals surface area (Å²) < 4.78 is 0. The van der Waals surface area contributed by atoms with Crippen molar-refractivity contribution in [3.63, 3.8) is 0 Å². The Balaban J connectivity index is 1.64. The third kappa shape index (κ3) is 2.84. The smallest absolute Gasteiger partial charge is 0.333 e. The lowest BCUT2D eigenvalue weighted by atomic mass is 10.1. The van der Waals surface area contributed by atoms with Crippen molar-refractivity contribution in [1.29, 1.82) is 0 Å². The second-order valence-corrected chi connectivity index (χ2v) is 5.53. The van der Waals surface area contributed by atoms with Gasteiger partial charge in [-0.1, -0.05) is 17.2 Å². The maximum Gasteiger partial charge on any atom is 0.352 e. The Bertz CT molecular complexity index is 755. The van der Waals surface area contributed by atoms with Crippen molar-refractivity contribution in [3.8, 4) is 0 Å². The summed E-state index contributed by atoms with van der Waals surface area (Å²) in [4.78, 5) is 67.3. The van der Waals surface area contributed by atoms with Crippen molar-refractivity contribution in [1.82, 2.24) is 14.9 Å². The van der Waals surface area contributed by atoms with E-state index in [2.05, 4.69) is 0 Å². The van der Waals surface area contributed by atoms with E-state index in [0.717, 1.165) is 4.90 Å². The largest absolute Gasteiger partial charge is 0.352 e. The van der Waals surface area contributed by atoms with E-state index in [1.807, 2.05) is 0 Å². The van der Waals surface area contributed by atoms with E-state index >= 15 is 0 Å². The van der Waals surface area contributed by atoms with Gasteiger partial charge in [0, 0.05) is 19.6 Å². The van der Waals surface area contributed by atoms with E-state index < -0.39 is 36.1 Å². The molecule has 0 radical (unpaired) electrons. The predicted octanol–water partition coefficient (Wildman–Crippen LogP) is -0.569. The van der Waals surface area contributed by atoms with Gasteiger partial charge >= 0.3 is 17.8 Å². The minimum Gasteiger partial charge on any atom is -0.333 e. The second kappa shape index (κ2) is 6.34. The standard InChI is InChI=1S/C16H15N3O6/c1-2-17-7-8-18(16(24)15(17)23)9-12(20)25-19-13(21)10-5-3-4-6-11(10)14(19)22/h3-6H,2,7-9H2,1H3. The zero-order valence-electron chi connectivity index (χ0n) is 13.4. The van der Waals surface area contributed by atoms with Crippen molar-refractivity contribution in [2.75, 3.05) is 26.2 Å². The molecule has 0 aliphatic carbocycles. The Hall–Kier alpha value is -3.23. The van der Waals surface area contributed by atoms with Gasteiger partial charge < -0.3 is 14.6 Å². The van der Waals surface area contributed by atoms with Crippen molar-refractivity contribution < 1.29 is 28.8 Å². The molecule has 1 aromatic rings. The summed E-state index contributed by atoms with van der Waals surface area (Å²) in [6.07, 6.45) is 0. The van der Waals surface area contributed by atoms with Gasteiger partial charge in [-0.05, 0) is 19.1 Å². The molecule has 2 heterocycles. The zero-order chi connectivity index (χ0) is 18.1. The number of hydrogen-bond acceptors (Lipinski definition) is 6. The molecule has 4 amide bonds. The Kier molecular flexibility index (Phi) is 4.22. The van der Waals surface area contributed by atoms with E-state index in [1.165, 1.54) is 17.0 Å². The zero-order valence-corrected chi connectivity index (χ0v) is 13.4. The van der Waals surface area contributed by atoms with Crippen LogP contribution in [0.4, 0.5) is 0 Å². The first kappa shape index (κ1) is 16.6. The SMILES string of the molecule is CCN1CCN(CC(=O)ON2C(=O)c3ccccc3C2=O)C(=O)C1=O. The van der Waals surface area contributed by atoms with Gasteiger partial charge in [0.05, 0.1) is 11.1 Å². The summed E-state index contributed by atoms with van der Waals surface area (Å²) in [5, 5.41) is 0.377. The lowest BCUT2D eigenvalue weighted by molar-refractivity contribution is -0.173. The molecule has 0 unspecified atom stereocenters. The molecule has 0 atom stereocenters. The van der Waals surface area contributed by atoms with Crippen LogP contribution in [0.5, 0.6) is 0 Å².